The Bertz CT molecular complexity index is 991. The van der Waals surface area contributed by atoms with Gasteiger partial charge in [-0.05, 0) is 54.2 Å². The van der Waals surface area contributed by atoms with Crippen molar-refractivity contribution in [1.29, 1.82) is 0 Å². The van der Waals surface area contributed by atoms with E-state index < -0.39 is 0 Å². The highest BCUT2D eigenvalue weighted by atomic mass is 15.4. The first-order valence-electron chi connectivity index (χ1n) is 11.1. The fraction of sp³-hybridized carbons (Fsp3) is 0.286. The zero-order chi connectivity index (χ0) is 20.9. The van der Waals surface area contributed by atoms with E-state index in [0.717, 1.165) is 25.9 Å². The van der Waals surface area contributed by atoms with Gasteiger partial charge in [-0.1, -0.05) is 86.6 Å². The van der Waals surface area contributed by atoms with Crippen LogP contribution in [0.25, 0.3) is 0 Å². The second kappa shape index (κ2) is 9.32. The molecule has 0 aromatic heterocycles. The first-order chi connectivity index (χ1) is 14.7. The summed E-state index contributed by atoms with van der Waals surface area (Å²) >= 11 is 0. The molecule has 154 valence electrons. The van der Waals surface area contributed by atoms with Crippen LogP contribution < -0.4 is 4.90 Å². The molecule has 1 aliphatic rings. The molecule has 0 fully saturated rings. The third kappa shape index (κ3) is 4.20. The van der Waals surface area contributed by atoms with Crippen molar-refractivity contribution in [3.63, 3.8) is 0 Å². The first kappa shape index (κ1) is 20.4. The summed E-state index contributed by atoms with van der Waals surface area (Å²) in [6.45, 7) is 8.72. The van der Waals surface area contributed by atoms with E-state index in [1.807, 2.05) is 0 Å². The highest BCUT2D eigenvalue weighted by Gasteiger charge is 2.35. The average Bonchev–Trinajstić information content (AvgIpc) is 2.79. The van der Waals surface area contributed by atoms with Gasteiger partial charge in [-0.25, -0.2) is 0 Å². The van der Waals surface area contributed by atoms with Gasteiger partial charge >= 0.3 is 0 Å². The topological polar surface area (TPSA) is 6.48 Å². The summed E-state index contributed by atoms with van der Waals surface area (Å²) in [6.07, 6.45) is 2.30. The van der Waals surface area contributed by atoms with Crippen molar-refractivity contribution in [3.05, 3.63) is 113 Å². The predicted molar refractivity (Wildman–Crippen MR) is 127 cm³/mol. The van der Waals surface area contributed by atoms with Crippen LogP contribution in [0.2, 0.25) is 0 Å². The maximum Gasteiger partial charge on any atom is 0.113 e. The van der Waals surface area contributed by atoms with Crippen LogP contribution in [0.1, 0.15) is 49.5 Å². The van der Waals surface area contributed by atoms with Gasteiger partial charge in [0.1, 0.15) is 6.17 Å². The van der Waals surface area contributed by atoms with Crippen LogP contribution in [0.3, 0.4) is 0 Å². The van der Waals surface area contributed by atoms with Gasteiger partial charge in [0.15, 0.2) is 0 Å². The maximum absolute atomic E-state index is 2.63. The molecule has 3 aromatic carbocycles. The van der Waals surface area contributed by atoms with E-state index in [2.05, 4.69) is 116 Å². The molecule has 0 saturated heterocycles. The zero-order valence-electron chi connectivity index (χ0n) is 18.4. The molecule has 0 saturated carbocycles. The van der Waals surface area contributed by atoms with E-state index in [4.69, 9.17) is 0 Å². The monoisotopic (exact) mass is 396 g/mol. The Labute approximate surface area is 181 Å². The van der Waals surface area contributed by atoms with E-state index in [-0.39, 0.29) is 6.17 Å². The van der Waals surface area contributed by atoms with E-state index >= 15 is 0 Å². The van der Waals surface area contributed by atoms with Gasteiger partial charge < -0.3 is 4.90 Å². The standard InChI is InChI=1S/C28H32N2/c1-4-24-21-29(20-23-14-8-6-9-15-23)28(25-16-10-7-11-17-25)30(27(24)5-2)26-18-12-13-22(3)19-26/h6-19,28H,4-5,20-21H2,1-3H3. The summed E-state index contributed by atoms with van der Waals surface area (Å²) in [5.41, 5.74) is 8.30. The van der Waals surface area contributed by atoms with E-state index in [0.29, 0.717) is 0 Å². The molecule has 0 amide bonds. The molecular weight excluding hydrogens is 364 g/mol. The Balaban J connectivity index is 1.87. The smallest absolute Gasteiger partial charge is 0.113 e. The summed E-state index contributed by atoms with van der Waals surface area (Å²) in [7, 11) is 0. The van der Waals surface area contributed by atoms with Gasteiger partial charge in [0.05, 0.1) is 0 Å². The molecule has 30 heavy (non-hydrogen) atoms. The van der Waals surface area contributed by atoms with Crippen molar-refractivity contribution in [2.75, 3.05) is 11.4 Å². The van der Waals surface area contributed by atoms with Crippen LogP contribution in [0.15, 0.2) is 96.2 Å². The minimum absolute atomic E-state index is 0.179. The van der Waals surface area contributed by atoms with Gasteiger partial charge in [0.2, 0.25) is 0 Å². The molecule has 4 rings (SSSR count). The highest BCUT2D eigenvalue weighted by Crippen LogP contribution is 2.41. The Morgan fingerprint density at radius 1 is 0.800 bits per heavy atom. The Hall–Kier alpha value is -2.84. The molecular formula is C28H32N2. The SMILES string of the molecule is CCC1=C(CC)N(c2cccc(C)c2)C(c2ccccc2)N(Cc2ccccc2)C1. The lowest BCUT2D eigenvalue weighted by molar-refractivity contribution is 0.188. The van der Waals surface area contributed by atoms with E-state index in [1.165, 1.54) is 28.1 Å². The summed E-state index contributed by atoms with van der Waals surface area (Å²) < 4.78 is 0. The van der Waals surface area contributed by atoms with E-state index in [1.54, 1.807) is 5.57 Å². The van der Waals surface area contributed by atoms with Gasteiger partial charge in [0.25, 0.3) is 0 Å². The lowest BCUT2D eigenvalue weighted by Gasteiger charge is -2.47. The fourth-order valence-electron chi connectivity index (χ4n) is 4.66. The molecule has 0 aliphatic carbocycles. The third-order valence-electron chi connectivity index (χ3n) is 6.05. The molecule has 2 heteroatoms. The number of hydrogen-bond acceptors (Lipinski definition) is 2. The molecule has 0 radical (unpaired) electrons. The lowest BCUT2D eigenvalue weighted by atomic mass is 9.97. The summed E-state index contributed by atoms with van der Waals surface area (Å²) in [5.74, 6) is 0. The minimum atomic E-state index is 0.179. The van der Waals surface area contributed by atoms with Crippen molar-refractivity contribution in [2.24, 2.45) is 0 Å². The van der Waals surface area contributed by atoms with Crippen LogP contribution in [0, 0.1) is 6.92 Å². The Morgan fingerprint density at radius 2 is 1.50 bits per heavy atom. The first-order valence-corrected chi connectivity index (χ1v) is 11.1. The molecule has 1 aliphatic heterocycles. The Morgan fingerprint density at radius 3 is 2.13 bits per heavy atom. The molecule has 1 atom stereocenters. The number of rotatable bonds is 6. The Kier molecular flexibility index (Phi) is 6.35. The number of anilines is 1. The van der Waals surface area contributed by atoms with Crippen molar-refractivity contribution < 1.29 is 0 Å². The van der Waals surface area contributed by atoms with Crippen LogP contribution in [-0.2, 0) is 6.54 Å². The number of nitrogens with zero attached hydrogens (tertiary/aromatic N) is 2. The number of allylic oxidation sites excluding steroid dienone is 1. The van der Waals surface area contributed by atoms with Crippen molar-refractivity contribution in [2.45, 2.75) is 46.3 Å². The summed E-state index contributed by atoms with van der Waals surface area (Å²) in [6, 6.07) is 30.8. The number of hydrogen-bond donors (Lipinski definition) is 0. The minimum Gasteiger partial charge on any atom is -0.325 e. The molecule has 0 spiro atoms. The second-order valence-electron chi connectivity index (χ2n) is 8.14. The number of benzene rings is 3. The van der Waals surface area contributed by atoms with Crippen LogP contribution in [0.5, 0.6) is 0 Å². The average molecular weight is 397 g/mol. The molecule has 1 heterocycles. The molecule has 0 bridgehead atoms. The second-order valence-corrected chi connectivity index (χ2v) is 8.14. The maximum atomic E-state index is 2.63. The van der Waals surface area contributed by atoms with Gasteiger partial charge in [-0.3, -0.25) is 4.90 Å². The zero-order valence-corrected chi connectivity index (χ0v) is 18.4. The summed E-state index contributed by atoms with van der Waals surface area (Å²) in [5, 5.41) is 0. The van der Waals surface area contributed by atoms with E-state index in [9.17, 15) is 0 Å². The van der Waals surface area contributed by atoms with Crippen molar-refractivity contribution in [1.82, 2.24) is 4.90 Å². The van der Waals surface area contributed by atoms with Crippen LogP contribution in [0.4, 0.5) is 5.69 Å². The van der Waals surface area contributed by atoms with Crippen LogP contribution in [-0.4, -0.2) is 11.4 Å². The molecule has 2 nitrogen and oxygen atoms in total. The normalized spacial score (nSPS) is 17.4. The third-order valence-corrected chi connectivity index (χ3v) is 6.05. The van der Waals surface area contributed by atoms with Crippen molar-refractivity contribution >= 4 is 5.69 Å². The highest BCUT2D eigenvalue weighted by molar-refractivity contribution is 5.58. The largest absolute Gasteiger partial charge is 0.325 e. The fourth-order valence-corrected chi connectivity index (χ4v) is 4.66. The molecule has 3 aromatic rings. The van der Waals surface area contributed by atoms with Gasteiger partial charge in [-0.2, -0.15) is 0 Å². The quantitative estimate of drug-likeness (QED) is 0.439. The molecule has 0 N–H and O–H groups in total. The predicted octanol–water partition coefficient (Wildman–Crippen LogP) is 7.09. The van der Waals surface area contributed by atoms with Gasteiger partial charge in [0, 0.05) is 24.5 Å². The van der Waals surface area contributed by atoms with Crippen LogP contribution >= 0.6 is 0 Å². The van der Waals surface area contributed by atoms with Crippen molar-refractivity contribution in [3.8, 4) is 0 Å². The van der Waals surface area contributed by atoms with Gasteiger partial charge in [-0.15, -0.1) is 0 Å². The molecule has 1 unspecified atom stereocenters. The lowest BCUT2D eigenvalue weighted by Crippen LogP contribution is -2.46. The number of aryl methyl sites for hydroxylation is 1. The summed E-state index contributed by atoms with van der Waals surface area (Å²) in [4.78, 5) is 5.22.